The standard InChI is InChI=1S/C16H16FN3/c1-11(19)13-6-7-16(15(17)9-13)20(2)14-5-3-4-12(8-14)10-18/h3-9,11H,19H2,1-2H3. The van der Waals surface area contributed by atoms with Crippen LogP contribution in [0.2, 0.25) is 0 Å². The largest absolute Gasteiger partial charge is 0.342 e. The molecule has 0 heterocycles. The van der Waals surface area contributed by atoms with Gasteiger partial charge in [-0.15, -0.1) is 0 Å². The summed E-state index contributed by atoms with van der Waals surface area (Å²) in [6, 6.07) is 13.9. The molecule has 20 heavy (non-hydrogen) atoms. The van der Waals surface area contributed by atoms with Gasteiger partial charge in [0.15, 0.2) is 0 Å². The Morgan fingerprint density at radius 2 is 2.00 bits per heavy atom. The predicted molar refractivity (Wildman–Crippen MR) is 78.2 cm³/mol. The first-order valence-corrected chi connectivity index (χ1v) is 6.32. The normalized spacial score (nSPS) is 11.8. The molecule has 0 radical (unpaired) electrons. The average Bonchev–Trinajstić information content (AvgIpc) is 2.46. The summed E-state index contributed by atoms with van der Waals surface area (Å²) < 4.78 is 14.2. The Kier molecular flexibility index (Phi) is 4.02. The lowest BCUT2D eigenvalue weighted by Crippen LogP contribution is -2.12. The van der Waals surface area contributed by atoms with Crippen LogP contribution < -0.4 is 10.6 Å². The number of benzene rings is 2. The molecule has 102 valence electrons. The van der Waals surface area contributed by atoms with Crippen molar-refractivity contribution in [2.45, 2.75) is 13.0 Å². The molecule has 2 aromatic carbocycles. The van der Waals surface area contributed by atoms with Gasteiger partial charge in [0, 0.05) is 18.8 Å². The van der Waals surface area contributed by atoms with Gasteiger partial charge in [-0.2, -0.15) is 5.26 Å². The minimum absolute atomic E-state index is 0.203. The third-order valence-corrected chi connectivity index (χ3v) is 3.22. The Hall–Kier alpha value is -2.38. The highest BCUT2D eigenvalue weighted by atomic mass is 19.1. The van der Waals surface area contributed by atoms with Crippen LogP contribution in [0.5, 0.6) is 0 Å². The van der Waals surface area contributed by atoms with E-state index in [1.807, 2.05) is 19.1 Å². The highest BCUT2D eigenvalue weighted by Gasteiger charge is 2.11. The molecule has 2 N–H and O–H groups in total. The first-order chi connectivity index (χ1) is 9.52. The van der Waals surface area contributed by atoms with Crippen LogP contribution >= 0.6 is 0 Å². The summed E-state index contributed by atoms with van der Waals surface area (Å²) in [5.41, 5.74) is 8.25. The molecule has 0 aliphatic heterocycles. The minimum Gasteiger partial charge on any atom is -0.342 e. The molecule has 2 rings (SSSR count). The molecule has 0 aliphatic carbocycles. The van der Waals surface area contributed by atoms with E-state index in [0.717, 1.165) is 11.3 Å². The van der Waals surface area contributed by atoms with E-state index in [2.05, 4.69) is 6.07 Å². The molecule has 0 aromatic heterocycles. The maximum absolute atomic E-state index is 14.2. The fourth-order valence-electron chi connectivity index (χ4n) is 2.00. The van der Waals surface area contributed by atoms with E-state index in [4.69, 9.17) is 11.0 Å². The van der Waals surface area contributed by atoms with Crippen molar-refractivity contribution in [3.05, 3.63) is 59.4 Å². The Labute approximate surface area is 118 Å². The number of nitrogens with two attached hydrogens (primary N) is 1. The topological polar surface area (TPSA) is 53.0 Å². The number of anilines is 2. The number of rotatable bonds is 3. The van der Waals surface area contributed by atoms with Crippen LogP contribution in [-0.4, -0.2) is 7.05 Å². The zero-order valence-corrected chi connectivity index (χ0v) is 11.5. The predicted octanol–water partition coefficient (Wildman–Crippen LogP) is 3.48. The van der Waals surface area contributed by atoms with E-state index in [1.165, 1.54) is 6.07 Å². The molecule has 0 aliphatic rings. The van der Waals surface area contributed by atoms with Crippen LogP contribution in [-0.2, 0) is 0 Å². The zero-order chi connectivity index (χ0) is 14.7. The van der Waals surface area contributed by atoms with Gasteiger partial charge in [-0.05, 0) is 42.8 Å². The molecule has 0 spiro atoms. The first kappa shape index (κ1) is 14.0. The lowest BCUT2D eigenvalue weighted by Gasteiger charge is -2.21. The van der Waals surface area contributed by atoms with Crippen LogP contribution in [0.3, 0.4) is 0 Å². The quantitative estimate of drug-likeness (QED) is 0.928. The summed E-state index contributed by atoms with van der Waals surface area (Å²) in [6.07, 6.45) is 0. The number of nitriles is 1. The van der Waals surface area contributed by atoms with Gasteiger partial charge in [0.1, 0.15) is 5.82 Å². The van der Waals surface area contributed by atoms with E-state index < -0.39 is 0 Å². The molecule has 0 fully saturated rings. The molecule has 0 saturated carbocycles. The highest BCUT2D eigenvalue weighted by molar-refractivity contribution is 5.64. The van der Waals surface area contributed by atoms with E-state index in [-0.39, 0.29) is 11.9 Å². The van der Waals surface area contributed by atoms with Crippen molar-refractivity contribution in [1.82, 2.24) is 0 Å². The van der Waals surface area contributed by atoms with E-state index in [9.17, 15) is 4.39 Å². The van der Waals surface area contributed by atoms with Gasteiger partial charge < -0.3 is 10.6 Å². The maximum Gasteiger partial charge on any atom is 0.147 e. The Morgan fingerprint density at radius 1 is 1.25 bits per heavy atom. The van der Waals surface area contributed by atoms with E-state index in [0.29, 0.717) is 11.3 Å². The van der Waals surface area contributed by atoms with Crippen LogP contribution in [0.4, 0.5) is 15.8 Å². The van der Waals surface area contributed by atoms with Crippen LogP contribution in [0.1, 0.15) is 24.1 Å². The molecular formula is C16H16FN3. The van der Waals surface area contributed by atoms with Crippen LogP contribution in [0.15, 0.2) is 42.5 Å². The summed E-state index contributed by atoms with van der Waals surface area (Å²) >= 11 is 0. The second-order valence-electron chi connectivity index (χ2n) is 4.72. The number of nitrogens with zero attached hydrogens (tertiary/aromatic N) is 2. The SMILES string of the molecule is CC(N)c1ccc(N(C)c2cccc(C#N)c2)c(F)c1. The summed E-state index contributed by atoms with van der Waals surface area (Å²) in [5, 5.41) is 8.91. The van der Waals surface area contributed by atoms with Gasteiger partial charge in [-0.1, -0.05) is 12.1 Å². The van der Waals surface area contributed by atoms with Crippen molar-refractivity contribution in [3.63, 3.8) is 0 Å². The first-order valence-electron chi connectivity index (χ1n) is 6.32. The molecule has 1 unspecified atom stereocenters. The van der Waals surface area contributed by atoms with E-state index in [1.54, 1.807) is 36.2 Å². The lowest BCUT2D eigenvalue weighted by atomic mass is 10.1. The summed E-state index contributed by atoms with van der Waals surface area (Å²) in [7, 11) is 1.76. The number of hydrogen-bond acceptors (Lipinski definition) is 3. The van der Waals surface area contributed by atoms with Crippen molar-refractivity contribution in [1.29, 1.82) is 5.26 Å². The van der Waals surface area contributed by atoms with Gasteiger partial charge in [0.25, 0.3) is 0 Å². The number of halogens is 1. The second kappa shape index (κ2) is 5.72. The van der Waals surface area contributed by atoms with Gasteiger partial charge in [-0.25, -0.2) is 4.39 Å². The molecule has 2 aromatic rings. The van der Waals surface area contributed by atoms with E-state index >= 15 is 0 Å². The maximum atomic E-state index is 14.2. The summed E-state index contributed by atoms with van der Waals surface area (Å²) in [5.74, 6) is -0.329. The fraction of sp³-hybridized carbons (Fsp3) is 0.188. The third kappa shape index (κ3) is 2.79. The molecule has 4 heteroatoms. The third-order valence-electron chi connectivity index (χ3n) is 3.22. The molecule has 0 bridgehead atoms. The van der Waals surface area contributed by atoms with Crippen molar-refractivity contribution in [2.75, 3.05) is 11.9 Å². The van der Waals surface area contributed by atoms with Crippen LogP contribution in [0, 0.1) is 17.1 Å². The Bertz CT molecular complexity index is 659. The minimum atomic E-state index is -0.329. The van der Waals surface area contributed by atoms with Crippen molar-refractivity contribution >= 4 is 11.4 Å². The molecule has 0 saturated heterocycles. The number of hydrogen-bond donors (Lipinski definition) is 1. The second-order valence-corrected chi connectivity index (χ2v) is 4.72. The molecular weight excluding hydrogens is 253 g/mol. The zero-order valence-electron chi connectivity index (χ0n) is 11.5. The Morgan fingerprint density at radius 3 is 2.60 bits per heavy atom. The molecule has 3 nitrogen and oxygen atoms in total. The van der Waals surface area contributed by atoms with Crippen molar-refractivity contribution in [3.8, 4) is 6.07 Å². The average molecular weight is 269 g/mol. The summed E-state index contributed by atoms with van der Waals surface area (Å²) in [6.45, 7) is 1.81. The van der Waals surface area contributed by atoms with Gasteiger partial charge >= 0.3 is 0 Å². The van der Waals surface area contributed by atoms with Gasteiger partial charge in [0.2, 0.25) is 0 Å². The molecule has 0 amide bonds. The van der Waals surface area contributed by atoms with Crippen molar-refractivity contribution < 1.29 is 4.39 Å². The lowest BCUT2D eigenvalue weighted by molar-refractivity contribution is 0.622. The summed E-state index contributed by atoms with van der Waals surface area (Å²) in [4.78, 5) is 1.71. The monoisotopic (exact) mass is 269 g/mol. The van der Waals surface area contributed by atoms with Crippen LogP contribution in [0.25, 0.3) is 0 Å². The van der Waals surface area contributed by atoms with Gasteiger partial charge in [-0.3, -0.25) is 0 Å². The Balaban J connectivity index is 2.38. The fourth-order valence-corrected chi connectivity index (χ4v) is 2.00. The van der Waals surface area contributed by atoms with Crippen molar-refractivity contribution in [2.24, 2.45) is 5.73 Å². The highest BCUT2D eigenvalue weighted by Crippen LogP contribution is 2.28. The molecule has 1 atom stereocenters. The van der Waals surface area contributed by atoms with Gasteiger partial charge in [0.05, 0.1) is 17.3 Å². The smallest absolute Gasteiger partial charge is 0.147 e.